The van der Waals surface area contributed by atoms with Crippen molar-refractivity contribution in [2.75, 3.05) is 32.0 Å². The molecule has 7 N–H and O–H groups in total. The second kappa shape index (κ2) is 13.8. The number of phosphoric acid groups is 3. The minimum atomic E-state index is -5.66. The first kappa shape index (κ1) is 33.5. The molecule has 39 heavy (non-hydrogen) atoms. The molecule has 0 aromatic carbocycles. The Hall–Kier alpha value is -1.73. The zero-order chi connectivity index (χ0) is 29.6. The number of ether oxygens (including phenoxy) is 1. The van der Waals surface area contributed by atoms with Gasteiger partial charge in [0.1, 0.15) is 30.1 Å². The first-order valence-electron chi connectivity index (χ1n) is 11.5. The van der Waals surface area contributed by atoms with Crippen LogP contribution in [-0.4, -0.2) is 82.6 Å². The number of anilines is 1. The summed E-state index contributed by atoms with van der Waals surface area (Å²) in [5.74, 6) is 2.56. The van der Waals surface area contributed by atoms with Gasteiger partial charge >= 0.3 is 23.5 Å². The van der Waals surface area contributed by atoms with Crippen LogP contribution in [0.3, 0.4) is 0 Å². The van der Waals surface area contributed by atoms with E-state index in [-0.39, 0.29) is 12.2 Å². The average molecular weight is 615 g/mol. The predicted octanol–water partition coefficient (Wildman–Crippen LogP) is 1.33. The first-order valence-corrected chi connectivity index (χ1v) is 16.0. The monoisotopic (exact) mass is 615 g/mol. The van der Waals surface area contributed by atoms with Crippen LogP contribution < -0.4 is 5.73 Å². The van der Waals surface area contributed by atoms with Crippen LogP contribution in [0, 0.1) is 12.3 Å². The van der Waals surface area contributed by atoms with Gasteiger partial charge in [-0.05, 0) is 19.6 Å². The zero-order valence-corrected chi connectivity index (χ0v) is 24.0. The maximum absolute atomic E-state index is 11.8. The van der Waals surface area contributed by atoms with Crippen LogP contribution in [0.5, 0.6) is 0 Å². The molecule has 0 spiro atoms. The molecule has 2 aromatic heterocycles. The highest BCUT2D eigenvalue weighted by atomic mass is 31.3. The van der Waals surface area contributed by atoms with Gasteiger partial charge in [-0.15, -0.1) is 6.42 Å². The van der Waals surface area contributed by atoms with E-state index in [0.717, 1.165) is 0 Å². The molecule has 20 heteroatoms. The maximum atomic E-state index is 11.8. The summed E-state index contributed by atoms with van der Waals surface area (Å²) in [5, 5.41) is 10.6. The van der Waals surface area contributed by atoms with Gasteiger partial charge in [0.25, 0.3) is 0 Å². The van der Waals surface area contributed by atoms with E-state index >= 15 is 0 Å². The Morgan fingerprint density at radius 3 is 2.26 bits per heavy atom. The minimum absolute atomic E-state index is 0.0257. The maximum Gasteiger partial charge on any atom is 0.490 e. The summed E-state index contributed by atoms with van der Waals surface area (Å²) in [6.07, 6.45) is 4.86. The van der Waals surface area contributed by atoms with Crippen LogP contribution in [0.1, 0.15) is 39.0 Å². The average Bonchev–Trinajstić information content (AvgIpc) is 3.38. The number of aromatic nitrogens is 3. The molecule has 3 rings (SSSR count). The number of hydrogen-bond donors (Lipinski definition) is 6. The lowest BCUT2D eigenvalue weighted by Gasteiger charge is -2.19. The molecule has 3 heterocycles. The quantitative estimate of drug-likeness (QED) is 0.154. The van der Waals surface area contributed by atoms with Crippen LogP contribution in [0.15, 0.2) is 12.5 Å². The van der Waals surface area contributed by atoms with E-state index in [2.05, 4.69) is 54.7 Å². The molecule has 0 saturated carbocycles. The minimum Gasteiger partial charge on any atom is -0.390 e. The van der Waals surface area contributed by atoms with E-state index in [0.29, 0.717) is 16.6 Å². The van der Waals surface area contributed by atoms with Crippen molar-refractivity contribution < 1.29 is 56.3 Å². The molecule has 2 unspecified atom stereocenters. The molecular weight excluding hydrogens is 583 g/mol. The third-order valence-corrected chi connectivity index (χ3v) is 9.27. The Labute approximate surface area is 224 Å². The topological polar surface area (TPSA) is 249 Å². The molecule has 1 aliphatic rings. The number of rotatable bonds is 11. The van der Waals surface area contributed by atoms with Gasteiger partial charge in [-0.1, -0.05) is 26.7 Å². The number of fused-ring (bicyclic) bond motifs is 1. The summed E-state index contributed by atoms with van der Waals surface area (Å²) in [4.78, 5) is 46.1. The third-order valence-electron chi connectivity index (χ3n) is 5.47. The molecule has 0 radical (unpaired) electrons. The van der Waals surface area contributed by atoms with Gasteiger partial charge in [-0.2, -0.15) is 8.62 Å². The van der Waals surface area contributed by atoms with Crippen LogP contribution >= 0.6 is 23.5 Å². The van der Waals surface area contributed by atoms with Crippen molar-refractivity contribution in [3.8, 4) is 12.3 Å². The lowest BCUT2D eigenvalue weighted by molar-refractivity contribution is -0.0421. The van der Waals surface area contributed by atoms with Gasteiger partial charge in [0.2, 0.25) is 0 Å². The fourth-order valence-electron chi connectivity index (χ4n) is 3.61. The highest BCUT2D eigenvalue weighted by Crippen LogP contribution is 2.66. The molecule has 0 bridgehead atoms. The lowest BCUT2D eigenvalue weighted by Crippen LogP contribution is -2.26. The van der Waals surface area contributed by atoms with Gasteiger partial charge in [-0.25, -0.2) is 23.7 Å². The summed E-state index contributed by atoms with van der Waals surface area (Å²) in [6.45, 7) is 9.32. The molecule has 2 aromatic rings. The number of nitrogen functional groups attached to an aromatic ring is 1. The SMILES string of the molecule is C#Cc1cn([C@H]2C[C@H](O)[C@@H](COP(=O)(O)OP(=O)(O)OP(=O)(O)O)O2)c2ncnc(N)c12.CCN(CC)CC. The Kier molecular flexibility index (Phi) is 11.8. The lowest BCUT2D eigenvalue weighted by atomic mass is 10.2. The van der Waals surface area contributed by atoms with Crippen molar-refractivity contribution in [3.05, 3.63) is 18.1 Å². The van der Waals surface area contributed by atoms with Gasteiger partial charge in [0.05, 0.1) is 23.7 Å². The van der Waals surface area contributed by atoms with Crippen molar-refractivity contribution >= 4 is 40.3 Å². The number of aliphatic hydroxyl groups excluding tert-OH is 1. The Morgan fingerprint density at radius 2 is 1.74 bits per heavy atom. The van der Waals surface area contributed by atoms with Gasteiger partial charge in [-0.3, -0.25) is 4.52 Å². The van der Waals surface area contributed by atoms with Gasteiger partial charge in [0.15, 0.2) is 0 Å². The molecular formula is C19H32N5O12P3. The first-order chi connectivity index (χ1) is 18.1. The highest BCUT2D eigenvalue weighted by Gasteiger charge is 2.43. The number of nitrogens with two attached hydrogens (primary N) is 1. The second-order valence-corrected chi connectivity index (χ2v) is 12.4. The van der Waals surface area contributed by atoms with Crippen LogP contribution in [0.2, 0.25) is 0 Å². The highest BCUT2D eigenvalue weighted by molar-refractivity contribution is 7.66. The van der Waals surface area contributed by atoms with Crippen LogP contribution in [0.25, 0.3) is 11.0 Å². The van der Waals surface area contributed by atoms with E-state index in [9.17, 15) is 23.7 Å². The fourth-order valence-corrected chi connectivity index (χ4v) is 6.64. The van der Waals surface area contributed by atoms with Crippen molar-refractivity contribution in [2.24, 2.45) is 0 Å². The van der Waals surface area contributed by atoms with Crippen molar-refractivity contribution in [2.45, 2.75) is 45.6 Å². The molecule has 0 amide bonds. The molecule has 0 aliphatic carbocycles. The molecule has 17 nitrogen and oxygen atoms in total. The van der Waals surface area contributed by atoms with Gasteiger partial charge < -0.3 is 44.6 Å². The van der Waals surface area contributed by atoms with Crippen molar-refractivity contribution in [1.29, 1.82) is 0 Å². The normalized spacial score (nSPS) is 22.6. The summed E-state index contributed by atoms with van der Waals surface area (Å²) < 4.78 is 52.7. The smallest absolute Gasteiger partial charge is 0.390 e. The summed E-state index contributed by atoms with van der Waals surface area (Å²) >= 11 is 0. The molecule has 220 valence electrons. The number of nitrogens with zero attached hydrogens (tertiary/aromatic N) is 4. The number of terminal acetylenes is 1. The Bertz CT molecular complexity index is 1300. The fraction of sp³-hybridized carbons (Fsp3) is 0.579. The van der Waals surface area contributed by atoms with E-state index in [1.807, 2.05) is 0 Å². The Balaban J connectivity index is 0.000000673. The summed E-state index contributed by atoms with van der Waals surface area (Å²) in [6, 6.07) is 0. The number of aliphatic hydroxyl groups is 1. The van der Waals surface area contributed by atoms with Gasteiger partial charge in [0, 0.05) is 12.6 Å². The van der Waals surface area contributed by atoms with Crippen LogP contribution in [-0.2, 0) is 31.6 Å². The predicted molar refractivity (Wildman–Crippen MR) is 138 cm³/mol. The van der Waals surface area contributed by atoms with Crippen LogP contribution in [0.4, 0.5) is 5.82 Å². The second-order valence-electron chi connectivity index (χ2n) is 7.99. The summed E-state index contributed by atoms with van der Waals surface area (Å²) in [5.41, 5.74) is 6.52. The van der Waals surface area contributed by atoms with E-state index in [4.69, 9.17) is 31.6 Å². The largest absolute Gasteiger partial charge is 0.490 e. The number of hydrogen-bond acceptors (Lipinski definition) is 12. The molecule has 1 fully saturated rings. The third kappa shape index (κ3) is 9.70. The standard InChI is InChI=1S/C13H17N4O12P3.C6H15N/c1-2-7-4-17(13-11(7)12(14)15-6-16-13)10-3-8(18)9(27-10)5-26-31(22,23)29-32(24,25)28-30(19,20)21;1-4-7(5-2)6-3/h1,4,6,8-10,18H,3,5H2,(H,22,23)(H,24,25)(H2,14,15,16)(H2,19,20,21);4-6H2,1-3H3/t8-,9+,10+;/m0./s1. The molecule has 1 saturated heterocycles. The number of phosphoric ester groups is 1. The van der Waals surface area contributed by atoms with E-state index in [1.165, 1.54) is 36.7 Å². The van der Waals surface area contributed by atoms with Crippen molar-refractivity contribution in [3.63, 3.8) is 0 Å². The van der Waals surface area contributed by atoms with E-state index < -0.39 is 48.5 Å². The Morgan fingerprint density at radius 1 is 1.13 bits per heavy atom. The van der Waals surface area contributed by atoms with E-state index in [1.54, 1.807) is 0 Å². The molecule has 1 aliphatic heterocycles. The summed E-state index contributed by atoms with van der Waals surface area (Å²) in [7, 11) is -16.5. The zero-order valence-electron chi connectivity index (χ0n) is 21.3. The molecule has 5 atom stereocenters. The van der Waals surface area contributed by atoms with Crippen molar-refractivity contribution in [1.82, 2.24) is 19.4 Å².